The summed E-state index contributed by atoms with van der Waals surface area (Å²) in [7, 11) is 3.16. The Balaban J connectivity index is 1.24. The van der Waals surface area contributed by atoms with E-state index < -0.39 is 0 Å². The van der Waals surface area contributed by atoms with Gasteiger partial charge in [-0.1, -0.05) is 17.3 Å². The van der Waals surface area contributed by atoms with Crippen LogP contribution in [-0.4, -0.2) is 39.9 Å². The third kappa shape index (κ3) is 4.66. The summed E-state index contributed by atoms with van der Waals surface area (Å²) < 4.78 is 29.7. The number of ether oxygens (including phenoxy) is 3. The zero-order valence-electron chi connectivity index (χ0n) is 21.5. The van der Waals surface area contributed by atoms with Crippen LogP contribution in [-0.2, 0) is 6.61 Å². The molecule has 0 bridgehead atoms. The van der Waals surface area contributed by atoms with Gasteiger partial charge in [-0.05, 0) is 48.9 Å². The lowest BCUT2D eigenvalue weighted by Gasteiger charge is -2.11. The summed E-state index contributed by atoms with van der Waals surface area (Å²) in [4.78, 5) is 18.0. The van der Waals surface area contributed by atoms with Gasteiger partial charge in [-0.2, -0.15) is 0 Å². The summed E-state index contributed by atoms with van der Waals surface area (Å²) in [6.07, 6.45) is 1.78. The second-order valence-corrected chi connectivity index (χ2v) is 9.63. The van der Waals surface area contributed by atoms with E-state index in [-0.39, 0.29) is 12.5 Å². The molecule has 0 aliphatic carbocycles. The number of nitrogens with zero attached hydrogens (tertiary/aromatic N) is 4. The second kappa shape index (κ2) is 9.80. The average molecular weight is 546 g/mol. The van der Waals surface area contributed by atoms with E-state index in [1.54, 1.807) is 44.8 Å². The van der Waals surface area contributed by atoms with Gasteiger partial charge in [-0.25, -0.2) is 9.50 Å². The number of methoxy groups -OCH3 is 2. The van der Waals surface area contributed by atoms with Crippen molar-refractivity contribution in [1.29, 1.82) is 0 Å². The second-order valence-electron chi connectivity index (χ2n) is 8.72. The fraction of sp³-hybridized carbons (Fsp3) is 0.185. The fourth-order valence-electron chi connectivity index (χ4n) is 4.23. The first-order chi connectivity index (χ1) is 18.9. The summed E-state index contributed by atoms with van der Waals surface area (Å²) in [5.74, 6) is 1.94. The predicted molar refractivity (Wildman–Crippen MR) is 144 cm³/mol. The van der Waals surface area contributed by atoms with Crippen LogP contribution in [0.5, 0.6) is 16.7 Å². The Labute approximate surface area is 225 Å². The molecule has 0 fully saturated rings. The van der Waals surface area contributed by atoms with Crippen molar-refractivity contribution < 1.29 is 27.9 Å². The monoisotopic (exact) mass is 545 g/mol. The lowest BCUT2D eigenvalue weighted by molar-refractivity contribution is 0.102. The lowest BCUT2D eigenvalue weighted by atomic mass is 10.1. The van der Waals surface area contributed by atoms with Crippen LogP contribution < -0.4 is 19.5 Å². The van der Waals surface area contributed by atoms with Crippen molar-refractivity contribution in [2.45, 2.75) is 20.5 Å². The molecule has 0 spiro atoms. The Morgan fingerprint density at radius 3 is 2.74 bits per heavy atom. The summed E-state index contributed by atoms with van der Waals surface area (Å²) in [6.45, 7) is 3.69. The summed E-state index contributed by atoms with van der Waals surface area (Å²) in [5, 5.41) is 12.4. The standard InChI is InChI=1S/C27H23N5O6S/c1-14-24(15(2)38-31-14)25(33)28-17-7-5-6-16(8-17)13-36-21-9-18(34-3)10-22-19(21)11-23(37-22)20-12-32-26(29-20)39-27(30-32)35-4/h5-12H,13H2,1-4H3,(H,28,33). The molecule has 2 aromatic carbocycles. The number of fused-ring (bicyclic) bond motifs is 2. The van der Waals surface area contributed by atoms with Crippen molar-refractivity contribution in [3.05, 3.63) is 71.2 Å². The molecule has 6 rings (SSSR count). The number of amides is 1. The smallest absolute Gasteiger partial charge is 0.294 e. The quantitative estimate of drug-likeness (QED) is 0.258. The number of hydrogen-bond donors (Lipinski definition) is 1. The molecule has 0 radical (unpaired) electrons. The maximum Gasteiger partial charge on any atom is 0.294 e. The van der Waals surface area contributed by atoms with Gasteiger partial charge in [-0.15, -0.1) is 5.10 Å². The number of rotatable bonds is 8. The van der Waals surface area contributed by atoms with Gasteiger partial charge in [0.1, 0.15) is 40.7 Å². The highest BCUT2D eigenvalue weighted by Crippen LogP contribution is 2.37. The molecule has 0 saturated heterocycles. The number of aromatic nitrogens is 4. The Morgan fingerprint density at radius 2 is 2.00 bits per heavy atom. The molecular formula is C27H23N5O6S. The van der Waals surface area contributed by atoms with Crippen LogP contribution >= 0.6 is 11.3 Å². The maximum atomic E-state index is 12.7. The van der Waals surface area contributed by atoms with Crippen molar-refractivity contribution in [2.24, 2.45) is 0 Å². The molecule has 11 nitrogen and oxygen atoms in total. The Kier molecular flexibility index (Phi) is 6.15. The third-order valence-corrected chi connectivity index (χ3v) is 6.98. The molecule has 39 heavy (non-hydrogen) atoms. The first-order valence-corrected chi connectivity index (χ1v) is 12.7. The summed E-state index contributed by atoms with van der Waals surface area (Å²) >= 11 is 1.34. The molecule has 198 valence electrons. The molecule has 0 aliphatic rings. The van der Waals surface area contributed by atoms with Gasteiger partial charge in [0.15, 0.2) is 5.76 Å². The summed E-state index contributed by atoms with van der Waals surface area (Å²) in [5.41, 5.74) is 3.70. The predicted octanol–water partition coefficient (Wildman–Crippen LogP) is 5.66. The molecule has 4 heterocycles. The average Bonchev–Trinajstić information content (AvgIpc) is 3.69. The van der Waals surface area contributed by atoms with Gasteiger partial charge in [-0.3, -0.25) is 4.79 Å². The van der Waals surface area contributed by atoms with Crippen molar-refractivity contribution in [3.8, 4) is 28.1 Å². The molecular weight excluding hydrogens is 522 g/mol. The Bertz CT molecular complexity index is 1780. The molecule has 1 N–H and O–H groups in total. The first kappa shape index (κ1) is 24.5. The van der Waals surface area contributed by atoms with Gasteiger partial charge >= 0.3 is 0 Å². The van der Waals surface area contributed by atoms with Crippen LogP contribution in [0.2, 0.25) is 0 Å². The number of hydrogen-bond acceptors (Lipinski definition) is 10. The third-order valence-electron chi connectivity index (χ3n) is 6.10. The minimum absolute atomic E-state index is 0.252. The largest absolute Gasteiger partial charge is 0.496 e. The van der Waals surface area contributed by atoms with Gasteiger partial charge in [0.25, 0.3) is 11.1 Å². The summed E-state index contributed by atoms with van der Waals surface area (Å²) in [6, 6.07) is 12.9. The van der Waals surface area contributed by atoms with Crippen LogP contribution in [0.3, 0.4) is 0 Å². The molecule has 6 aromatic rings. The number of imidazole rings is 1. The van der Waals surface area contributed by atoms with Crippen LogP contribution in [0.1, 0.15) is 27.4 Å². The Hall–Kier alpha value is -4.84. The van der Waals surface area contributed by atoms with E-state index in [1.807, 2.05) is 36.4 Å². The van der Waals surface area contributed by atoms with E-state index in [9.17, 15) is 4.79 Å². The van der Waals surface area contributed by atoms with Crippen molar-refractivity contribution in [1.82, 2.24) is 19.8 Å². The number of furan rings is 1. The number of nitrogens with one attached hydrogen (secondary N) is 1. The van der Waals surface area contributed by atoms with Crippen LogP contribution in [0.25, 0.3) is 27.4 Å². The van der Waals surface area contributed by atoms with E-state index in [4.69, 9.17) is 23.2 Å². The maximum absolute atomic E-state index is 12.7. The molecule has 0 atom stereocenters. The van der Waals surface area contributed by atoms with Gasteiger partial charge in [0.2, 0.25) is 4.96 Å². The van der Waals surface area contributed by atoms with Crippen molar-refractivity contribution in [2.75, 3.05) is 19.5 Å². The minimum atomic E-state index is -0.280. The van der Waals surface area contributed by atoms with Gasteiger partial charge in [0.05, 0.1) is 31.5 Å². The number of benzene rings is 2. The zero-order valence-corrected chi connectivity index (χ0v) is 22.3. The van der Waals surface area contributed by atoms with Crippen LogP contribution in [0.15, 0.2) is 57.6 Å². The van der Waals surface area contributed by atoms with E-state index >= 15 is 0 Å². The molecule has 0 aliphatic heterocycles. The molecule has 0 unspecified atom stereocenters. The minimum Gasteiger partial charge on any atom is -0.496 e. The van der Waals surface area contributed by atoms with Crippen molar-refractivity contribution >= 4 is 38.9 Å². The number of carbonyl (C=O) groups excluding carboxylic acids is 1. The number of aryl methyl sites for hydroxylation is 2. The number of anilines is 1. The molecule has 12 heteroatoms. The normalized spacial score (nSPS) is 11.3. The molecule has 4 aromatic heterocycles. The van der Waals surface area contributed by atoms with Crippen LogP contribution in [0, 0.1) is 13.8 Å². The highest BCUT2D eigenvalue weighted by Gasteiger charge is 2.19. The lowest BCUT2D eigenvalue weighted by Crippen LogP contribution is -2.13. The Morgan fingerprint density at radius 1 is 1.13 bits per heavy atom. The molecule has 0 saturated carbocycles. The fourth-order valence-corrected chi connectivity index (χ4v) is 4.93. The van der Waals surface area contributed by atoms with Crippen molar-refractivity contribution in [3.63, 3.8) is 0 Å². The van der Waals surface area contributed by atoms with E-state index in [0.29, 0.717) is 61.4 Å². The SMILES string of the molecule is COc1cc(OCc2cccc(NC(=O)c3c(C)noc3C)c2)c2cc(-c3cn4nc(OC)sc4n3)oc2c1. The van der Waals surface area contributed by atoms with E-state index in [1.165, 1.54) is 11.3 Å². The highest BCUT2D eigenvalue weighted by atomic mass is 32.1. The highest BCUT2D eigenvalue weighted by molar-refractivity contribution is 7.18. The zero-order chi connectivity index (χ0) is 27.1. The first-order valence-electron chi connectivity index (χ1n) is 11.9. The van der Waals surface area contributed by atoms with E-state index in [2.05, 4.69) is 20.6 Å². The topological polar surface area (TPSA) is 126 Å². The number of carbonyl (C=O) groups is 1. The van der Waals surface area contributed by atoms with Gasteiger partial charge < -0.3 is 28.5 Å². The van der Waals surface area contributed by atoms with Gasteiger partial charge in [0, 0.05) is 17.8 Å². The van der Waals surface area contributed by atoms with E-state index in [0.717, 1.165) is 10.9 Å². The molecule has 1 amide bonds. The van der Waals surface area contributed by atoms with Crippen LogP contribution in [0.4, 0.5) is 5.69 Å².